The third-order valence-electron chi connectivity index (χ3n) is 6.30. The Morgan fingerprint density at radius 3 is 2.42 bits per heavy atom. The van der Waals surface area contributed by atoms with Crippen molar-refractivity contribution in [3.63, 3.8) is 0 Å². The number of carbonyl (C=O) groups is 3. The maximum Gasteiger partial charge on any atom is 0.317 e. The number of hydrogen-bond donors (Lipinski definition) is 1. The van der Waals surface area contributed by atoms with Gasteiger partial charge in [0.1, 0.15) is 5.92 Å². The van der Waals surface area contributed by atoms with Gasteiger partial charge in [-0.25, -0.2) is 0 Å². The first-order chi connectivity index (χ1) is 16.0. The van der Waals surface area contributed by atoms with Gasteiger partial charge in [0.2, 0.25) is 5.91 Å². The van der Waals surface area contributed by atoms with E-state index in [-0.39, 0.29) is 24.7 Å². The highest BCUT2D eigenvalue weighted by Gasteiger charge is 2.48. The summed E-state index contributed by atoms with van der Waals surface area (Å²) in [6, 6.07) is 14.8. The molecule has 1 N–H and O–H groups in total. The molecule has 2 aromatic rings. The SMILES string of the molecule is CCOC(=O)C1C(=O)C2=C(CC1c1ccccc1)NC(=O)CC2c1cccc(OC)c1OC. The molecule has 1 amide bonds. The maximum absolute atomic E-state index is 13.9. The molecule has 0 fully saturated rings. The minimum atomic E-state index is -0.986. The van der Waals surface area contributed by atoms with Crippen molar-refractivity contribution >= 4 is 17.7 Å². The minimum Gasteiger partial charge on any atom is -0.493 e. The number of rotatable bonds is 6. The summed E-state index contributed by atoms with van der Waals surface area (Å²) < 4.78 is 16.3. The van der Waals surface area contributed by atoms with Crippen LogP contribution >= 0.6 is 0 Å². The number of methoxy groups -OCH3 is 2. The Labute approximate surface area is 192 Å². The van der Waals surface area contributed by atoms with Crippen molar-refractivity contribution in [2.24, 2.45) is 5.92 Å². The van der Waals surface area contributed by atoms with Crippen LogP contribution in [0.2, 0.25) is 0 Å². The molecule has 0 bridgehead atoms. The maximum atomic E-state index is 13.9. The van der Waals surface area contributed by atoms with Crippen LogP contribution in [0, 0.1) is 5.92 Å². The summed E-state index contributed by atoms with van der Waals surface area (Å²) in [5.41, 5.74) is 2.52. The fourth-order valence-electron chi connectivity index (χ4n) is 4.92. The lowest BCUT2D eigenvalue weighted by atomic mass is 9.68. The number of ketones is 1. The first-order valence-corrected chi connectivity index (χ1v) is 11.0. The summed E-state index contributed by atoms with van der Waals surface area (Å²) in [6.07, 6.45) is 0.419. The predicted molar refractivity (Wildman–Crippen MR) is 121 cm³/mol. The number of ether oxygens (including phenoxy) is 3. The van der Waals surface area contributed by atoms with Crippen molar-refractivity contribution in [1.82, 2.24) is 5.32 Å². The van der Waals surface area contributed by atoms with E-state index in [1.807, 2.05) is 36.4 Å². The molecular weight excluding hydrogens is 422 g/mol. The molecule has 2 aliphatic rings. The lowest BCUT2D eigenvalue weighted by molar-refractivity contribution is -0.152. The van der Waals surface area contributed by atoms with E-state index < -0.39 is 23.7 Å². The summed E-state index contributed by atoms with van der Waals surface area (Å²) >= 11 is 0. The molecule has 3 atom stereocenters. The Hall–Kier alpha value is -3.61. The van der Waals surface area contributed by atoms with Crippen molar-refractivity contribution in [2.75, 3.05) is 20.8 Å². The minimum absolute atomic E-state index is 0.0691. The van der Waals surface area contributed by atoms with Crippen LogP contribution in [0.4, 0.5) is 0 Å². The molecule has 0 radical (unpaired) electrons. The van der Waals surface area contributed by atoms with Crippen molar-refractivity contribution in [3.8, 4) is 11.5 Å². The molecule has 0 saturated carbocycles. The van der Waals surface area contributed by atoms with E-state index in [0.717, 1.165) is 5.56 Å². The molecule has 0 saturated heterocycles. The number of nitrogens with one attached hydrogen (secondary N) is 1. The molecule has 1 aliphatic carbocycles. The summed E-state index contributed by atoms with van der Waals surface area (Å²) in [4.78, 5) is 39.6. The largest absolute Gasteiger partial charge is 0.493 e. The summed E-state index contributed by atoms with van der Waals surface area (Å²) in [6.45, 7) is 1.90. The number of para-hydroxylation sites is 1. The van der Waals surface area contributed by atoms with Gasteiger partial charge in [-0.05, 0) is 25.0 Å². The van der Waals surface area contributed by atoms with Crippen LogP contribution < -0.4 is 14.8 Å². The molecule has 0 spiro atoms. The van der Waals surface area contributed by atoms with Crippen LogP contribution in [-0.2, 0) is 19.1 Å². The van der Waals surface area contributed by atoms with Gasteiger partial charge in [-0.3, -0.25) is 14.4 Å². The Kier molecular flexibility index (Phi) is 6.49. The average molecular weight is 450 g/mol. The molecular formula is C26H27NO6. The Morgan fingerprint density at radius 2 is 1.76 bits per heavy atom. The highest BCUT2D eigenvalue weighted by Crippen LogP contribution is 2.48. The van der Waals surface area contributed by atoms with E-state index in [2.05, 4.69) is 5.32 Å². The molecule has 1 aliphatic heterocycles. The van der Waals surface area contributed by atoms with Crippen LogP contribution in [-0.4, -0.2) is 38.5 Å². The lowest BCUT2D eigenvalue weighted by Gasteiger charge is -2.38. The molecule has 0 aromatic heterocycles. The van der Waals surface area contributed by atoms with Gasteiger partial charge >= 0.3 is 5.97 Å². The second-order valence-corrected chi connectivity index (χ2v) is 8.10. The first-order valence-electron chi connectivity index (χ1n) is 11.0. The van der Waals surface area contributed by atoms with Gasteiger partial charge < -0.3 is 19.5 Å². The van der Waals surface area contributed by atoms with Crippen LogP contribution in [0.5, 0.6) is 11.5 Å². The highest BCUT2D eigenvalue weighted by molar-refractivity contribution is 6.12. The molecule has 2 aromatic carbocycles. The predicted octanol–water partition coefficient (Wildman–Crippen LogP) is 3.50. The van der Waals surface area contributed by atoms with Crippen molar-refractivity contribution in [1.29, 1.82) is 0 Å². The summed E-state index contributed by atoms with van der Waals surface area (Å²) in [7, 11) is 3.06. The van der Waals surface area contributed by atoms with E-state index in [1.165, 1.54) is 14.2 Å². The fraction of sp³-hybridized carbons (Fsp3) is 0.346. The molecule has 4 rings (SSSR count). The number of benzene rings is 2. The zero-order chi connectivity index (χ0) is 23.5. The quantitative estimate of drug-likeness (QED) is 0.536. The van der Waals surface area contributed by atoms with Gasteiger partial charge in [0, 0.05) is 35.1 Å². The van der Waals surface area contributed by atoms with E-state index in [0.29, 0.717) is 34.8 Å². The van der Waals surface area contributed by atoms with E-state index in [1.54, 1.807) is 19.1 Å². The molecule has 7 nitrogen and oxygen atoms in total. The monoisotopic (exact) mass is 449 g/mol. The molecule has 3 unspecified atom stereocenters. The van der Waals surface area contributed by atoms with Crippen LogP contribution in [0.1, 0.15) is 42.7 Å². The first kappa shape index (κ1) is 22.6. The number of amides is 1. The van der Waals surface area contributed by atoms with E-state index in [9.17, 15) is 14.4 Å². The Bertz CT molecular complexity index is 1110. The molecule has 1 heterocycles. The second kappa shape index (κ2) is 9.48. The van der Waals surface area contributed by atoms with E-state index >= 15 is 0 Å². The zero-order valence-corrected chi connectivity index (χ0v) is 18.9. The topological polar surface area (TPSA) is 90.9 Å². The van der Waals surface area contributed by atoms with Crippen molar-refractivity contribution in [2.45, 2.75) is 31.6 Å². The second-order valence-electron chi connectivity index (χ2n) is 8.10. The van der Waals surface area contributed by atoms with Gasteiger partial charge in [-0.1, -0.05) is 42.5 Å². The Morgan fingerprint density at radius 1 is 1.00 bits per heavy atom. The average Bonchev–Trinajstić information content (AvgIpc) is 2.83. The smallest absolute Gasteiger partial charge is 0.317 e. The summed E-state index contributed by atoms with van der Waals surface area (Å²) in [5.74, 6) is -2.04. The van der Waals surface area contributed by atoms with Crippen LogP contribution in [0.15, 0.2) is 59.8 Å². The molecule has 7 heteroatoms. The normalized spacial score (nSPS) is 22.3. The van der Waals surface area contributed by atoms with Crippen molar-refractivity contribution in [3.05, 3.63) is 70.9 Å². The zero-order valence-electron chi connectivity index (χ0n) is 18.9. The fourth-order valence-corrected chi connectivity index (χ4v) is 4.92. The standard InChI is InChI=1S/C26H27NO6/c1-4-33-26(30)23-17(15-9-6-5-7-10-15)13-19-22(24(23)29)18(14-21(28)27-19)16-11-8-12-20(31-2)25(16)32-3/h5-12,17-18,23H,4,13-14H2,1-3H3,(H,27,28). The third-order valence-corrected chi connectivity index (χ3v) is 6.30. The molecule has 172 valence electrons. The van der Waals surface area contributed by atoms with Gasteiger partial charge in [-0.2, -0.15) is 0 Å². The number of carbonyl (C=O) groups excluding carboxylic acids is 3. The Balaban J connectivity index is 1.86. The van der Waals surface area contributed by atoms with Gasteiger partial charge in [0.05, 0.1) is 20.8 Å². The lowest BCUT2D eigenvalue weighted by Crippen LogP contribution is -2.44. The van der Waals surface area contributed by atoms with Gasteiger partial charge in [0.25, 0.3) is 0 Å². The van der Waals surface area contributed by atoms with Crippen LogP contribution in [0.3, 0.4) is 0 Å². The van der Waals surface area contributed by atoms with Crippen molar-refractivity contribution < 1.29 is 28.6 Å². The number of Topliss-reactive ketones (excluding diaryl/α,β-unsaturated/α-hetero) is 1. The number of hydrogen-bond acceptors (Lipinski definition) is 6. The van der Waals surface area contributed by atoms with Gasteiger partial charge in [0.15, 0.2) is 17.3 Å². The van der Waals surface area contributed by atoms with E-state index in [4.69, 9.17) is 14.2 Å². The third kappa shape index (κ3) is 4.11. The number of allylic oxidation sites excluding steroid dienone is 2. The summed E-state index contributed by atoms with van der Waals surface area (Å²) in [5, 5.41) is 2.90. The molecule has 33 heavy (non-hydrogen) atoms. The number of esters is 1. The van der Waals surface area contributed by atoms with Crippen LogP contribution in [0.25, 0.3) is 0 Å². The highest BCUT2D eigenvalue weighted by atomic mass is 16.5. The van der Waals surface area contributed by atoms with Gasteiger partial charge in [-0.15, -0.1) is 0 Å².